The fraction of sp³-hybridized carbons (Fsp3) is 0.316. The number of nitrogens with one attached hydrogen (secondary N) is 1. The number of nitriles is 1. The van der Waals surface area contributed by atoms with Crippen LogP contribution in [0.25, 0.3) is 21.5 Å². The normalized spacial score (nSPS) is 11.5. The van der Waals surface area contributed by atoms with Crippen molar-refractivity contribution in [2.45, 2.75) is 20.4 Å². The molecular formula is C19H20N4O4S2. The zero-order valence-corrected chi connectivity index (χ0v) is 17.9. The molecule has 3 rings (SSSR count). The summed E-state index contributed by atoms with van der Waals surface area (Å²) < 4.78 is 31.9. The molecule has 152 valence electrons. The first kappa shape index (κ1) is 21.0. The van der Waals surface area contributed by atoms with Crippen molar-refractivity contribution in [3.63, 3.8) is 0 Å². The van der Waals surface area contributed by atoms with E-state index in [-0.39, 0.29) is 6.54 Å². The van der Waals surface area contributed by atoms with Gasteiger partial charge >= 0.3 is 5.97 Å². The second-order valence-corrected chi connectivity index (χ2v) is 9.23. The Bertz CT molecular complexity index is 1220. The third-order valence-electron chi connectivity index (χ3n) is 4.22. The average Bonchev–Trinajstić information content (AvgIpc) is 3.21. The second-order valence-electron chi connectivity index (χ2n) is 6.40. The van der Waals surface area contributed by atoms with Gasteiger partial charge in [-0.1, -0.05) is 0 Å². The molecule has 10 heteroatoms. The minimum Gasteiger partial charge on any atom is -0.462 e. The van der Waals surface area contributed by atoms with Gasteiger partial charge in [0.2, 0.25) is 10.0 Å². The molecule has 0 spiro atoms. The first-order valence-electron chi connectivity index (χ1n) is 8.86. The molecular weight excluding hydrogens is 412 g/mol. The Morgan fingerprint density at radius 2 is 2.17 bits per heavy atom. The van der Waals surface area contributed by atoms with Crippen LogP contribution in [-0.4, -0.2) is 43.3 Å². The van der Waals surface area contributed by atoms with Crippen LogP contribution in [0.15, 0.2) is 24.4 Å². The summed E-state index contributed by atoms with van der Waals surface area (Å²) in [4.78, 5) is 17.0. The van der Waals surface area contributed by atoms with Crippen molar-refractivity contribution in [3.05, 3.63) is 40.5 Å². The number of fused-ring (bicyclic) bond motifs is 1. The van der Waals surface area contributed by atoms with Crippen LogP contribution in [0, 0.1) is 18.3 Å². The first-order chi connectivity index (χ1) is 13.7. The summed E-state index contributed by atoms with van der Waals surface area (Å²) in [6.45, 7) is 4.43. The first-order valence-corrected chi connectivity index (χ1v) is 11.6. The minimum atomic E-state index is -3.28. The highest BCUT2D eigenvalue weighted by atomic mass is 32.2. The molecule has 0 fully saturated rings. The van der Waals surface area contributed by atoms with Gasteiger partial charge in [0.15, 0.2) is 0 Å². The molecule has 0 bridgehead atoms. The molecule has 0 radical (unpaired) electrons. The highest BCUT2D eigenvalue weighted by Crippen LogP contribution is 2.32. The maximum Gasteiger partial charge on any atom is 0.350 e. The van der Waals surface area contributed by atoms with Crippen molar-refractivity contribution in [1.82, 2.24) is 14.3 Å². The van der Waals surface area contributed by atoms with Crippen molar-refractivity contribution >= 4 is 38.2 Å². The third-order valence-corrected chi connectivity index (χ3v) is 6.14. The third kappa shape index (κ3) is 4.64. The van der Waals surface area contributed by atoms with Crippen LogP contribution in [-0.2, 0) is 21.3 Å². The van der Waals surface area contributed by atoms with Crippen LogP contribution < -0.4 is 4.72 Å². The molecule has 0 amide bonds. The van der Waals surface area contributed by atoms with E-state index in [1.54, 1.807) is 20.0 Å². The highest BCUT2D eigenvalue weighted by Gasteiger charge is 2.18. The second kappa shape index (κ2) is 8.32. The number of ether oxygens (including phenoxy) is 1. The molecule has 1 N–H and O–H groups in total. The molecule has 0 aliphatic heterocycles. The van der Waals surface area contributed by atoms with E-state index in [0.717, 1.165) is 22.7 Å². The van der Waals surface area contributed by atoms with Gasteiger partial charge in [0.05, 0.1) is 24.1 Å². The van der Waals surface area contributed by atoms with Crippen LogP contribution in [0.2, 0.25) is 0 Å². The van der Waals surface area contributed by atoms with E-state index < -0.39 is 16.0 Å². The number of benzene rings is 1. The standard InChI is InChI=1S/C19H20N4O4S2/c1-4-27-19(24)17-12(2)22-18(28-17)13-5-6-16-15(9-13)14(10-20)11-23(16)8-7-21-29(3,25)26/h5-6,9,11,21H,4,7-8H2,1-3H3. The summed E-state index contributed by atoms with van der Waals surface area (Å²) in [5.74, 6) is -0.392. The Morgan fingerprint density at radius 3 is 2.83 bits per heavy atom. The molecule has 1 aromatic carbocycles. The number of aryl methyl sites for hydroxylation is 1. The summed E-state index contributed by atoms with van der Waals surface area (Å²) in [5, 5.41) is 10.9. The molecule has 0 unspecified atom stereocenters. The van der Waals surface area contributed by atoms with Gasteiger partial charge in [0, 0.05) is 35.8 Å². The van der Waals surface area contributed by atoms with E-state index in [1.807, 2.05) is 22.8 Å². The van der Waals surface area contributed by atoms with Gasteiger partial charge in [-0.15, -0.1) is 11.3 Å². The number of hydrogen-bond donors (Lipinski definition) is 1. The Hall–Kier alpha value is -2.74. The molecule has 0 saturated carbocycles. The Kier molecular flexibility index (Phi) is 6.02. The topological polar surface area (TPSA) is 114 Å². The van der Waals surface area contributed by atoms with Crippen molar-refractivity contribution < 1.29 is 17.9 Å². The number of nitrogens with zero attached hydrogens (tertiary/aromatic N) is 3. The molecule has 2 aromatic heterocycles. The average molecular weight is 433 g/mol. The van der Waals surface area contributed by atoms with Gasteiger partial charge in [-0.3, -0.25) is 0 Å². The van der Waals surface area contributed by atoms with Gasteiger partial charge in [0.25, 0.3) is 0 Å². The number of rotatable bonds is 7. The number of aromatic nitrogens is 2. The molecule has 3 aromatic rings. The SMILES string of the molecule is CCOC(=O)c1sc(-c2ccc3c(c2)c(C#N)cn3CCNS(C)(=O)=O)nc1C. The van der Waals surface area contributed by atoms with Gasteiger partial charge in [-0.2, -0.15) is 5.26 Å². The number of carbonyl (C=O) groups excluding carboxylic acids is 1. The maximum atomic E-state index is 12.1. The van der Waals surface area contributed by atoms with Crippen molar-refractivity contribution in [2.75, 3.05) is 19.4 Å². The quantitative estimate of drug-likeness (QED) is 0.574. The molecule has 8 nitrogen and oxygen atoms in total. The van der Waals surface area contributed by atoms with Gasteiger partial charge in [-0.25, -0.2) is 22.9 Å². The van der Waals surface area contributed by atoms with Gasteiger partial charge in [-0.05, 0) is 32.0 Å². The Balaban J connectivity index is 1.95. The fourth-order valence-corrected chi connectivity index (χ4v) is 4.38. The number of sulfonamides is 1. The van der Waals surface area contributed by atoms with E-state index >= 15 is 0 Å². The van der Waals surface area contributed by atoms with Crippen LogP contribution in [0.1, 0.15) is 27.9 Å². The molecule has 2 heterocycles. The Labute approximate surface area is 172 Å². The fourth-order valence-electron chi connectivity index (χ4n) is 2.96. The van der Waals surface area contributed by atoms with Crippen LogP contribution in [0.3, 0.4) is 0 Å². The van der Waals surface area contributed by atoms with Crippen LogP contribution >= 0.6 is 11.3 Å². The lowest BCUT2D eigenvalue weighted by molar-refractivity contribution is 0.0531. The molecule has 0 aliphatic rings. The van der Waals surface area contributed by atoms with Crippen LogP contribution in [0.4, 0.5) is 0 Å². The molecule has 0 saturated heterocycles. The van der Waals surface area contributed by atoms with Crippen molar-refractivity contribution in [3.8, 4) is 16.6 Å². The summed E-state index contributed by atoms with van der Waals surface area (Å²) in [6, 6.07) is 7.78. The lowest BCUT2D eigenvalue weighted by Gasteiger charge is -2.06. The summed E-state index contributed by atoms with van der Waals surface area (Å²) in [5.41, 5.74) is 2.71. The van der Waals surface area contributed by atoms with Gasteiger partial charge in [0.1, 0.15) is 16.0 Å². The molecule has 29 heavy (non-hydrogen) atoms. The van der Waals surface area contributed by atoms with Crippen molar-refractivity contribution in [2.24, 2.45) is 0 Å². The zero-order valence-electron chi connectivity index (χ0n) is 16.2. The Morgan fingerprint density at radius 1 is 1.41 bits per heavy atom. The monoisotopic (exact) mass is 432 g/mol. The summed E-state index contributed by atoms with van der Waals surface area (Å²) >= 11 is 1.25. The van der Waals surface area contributed by atoms with Crippen molar-refractivity contribution in [1.29, 1.82) is 5.26 Å². The van der Waals surface area contributed by atoms with E-state index in [9.17, 15) is 18.5 Å². The van der Waals surface area contributed by atoms with E-state index in [0.29, 0.717) is 34.3 Å². The largest absolute Gasteiger partial charge is 0.462 e. The smallest absolute Gasteiger partial charge is 0.350 e. The lowest BCUT2D eigenvalue weighted by atomic mass is 10.1. The number of thiazole rings is 1. The molecule has 0 aliphatic carbocycles. The summed E-state index contributed by atoms with van der Waals surface area (Å²) in [7, 11) is -3.28. The predicted molar refractivity (Wildman–Crippen MR) is 111 cm³/mol. The predicted octanol–water partition coefficient (Wildman–Crippen LogP) is 2.67. The van der Waals surface area contributed by atoms with Crippen LogP contribution in [0.5, 0.6) is 0 Å². The van der Waals surface area contributed by atoms with E-state index in [1.165, 1.54) is 11.3 Å². The van der Waals surface area contributed by atoms with Gasteiger partial charge < -0.3 is 9.30 Å². The minimum absolute atomic E-state index is 0.226. The summed E-state index contributed by atoms with van der Waals surface area (Å²) in [6.07, 6.45) is 2.81. The number of esters is 1. The van der Waals surface area contributed by atoms with E-state index in [2.05, 4.69) is 15.8 Å². The van der Waals surface area contributed by atoms with E-state index in [4.69, 9.17) is 4.74 Å². The number of carbonyl (C=O) groups is 1. The number of hydrogen-bond acceptors (Lipinski definition) is 7. The molecule has 0 atom stereocenters. The zero-order chi connectivity index (χ0) is 21.2. The lowest BCUT2D eigenvalue weighted by Crippen LogP contribution is -2.25. The highest BCUT2D eigenvalue weighted by molar-refractivity contribution is 7.88. The maximum absolute atomic E-state index is 12.1.